The molecule has 2 aliphatic rings. The molecule has 1 aromatic rings. The minimum Gasteiger partial charge on any atom is -0.483 e. The van der Waals surface area contributed by atoms with E-state index in [2.05, 4.69) is 12.2 Å². The number of nitro groups is 1. The Bertz CT molecular complexity index is 526. The van der Waals surface area contributed by atoms with Gasteiger partial charge in [0.05, 0.1) is 4.92 Å². The Morgan fingerprint density at radius 2 is 2.10 bits per heavy atom. The first-order chi connectivity index (χ1) is 10.2. The highest BCUT2D eigenvalue weighted by Crippen LogP contribution is 2.55. The Kier molecular flexibility index (Phi) is 3.85. The summed E-state index contributed by atoms with van der Waals surface area (Å²) in [4.78, 5) is 10.7. The molecule has 1 spiro atoms. The largest absolute Gasteiger partial charge is 0.483 e. The second-order valence-electron chi connectivity index (χ2n) is 6.12. The smallest absolute Gasteiger partial charge is 0.310 e. The van der Waals surface area contributed by atoms with Crippen LogP contribution in [0.1, 0.15) is 39.0 Å². The number of nitrogens with zero attached hydrogens (tertiary/aromatic N) is 1. The van der Waals surface area contributed by atoms with Crippen LogP contribution in [0.2, 0.25) is 0 Å². The third-order valence-electron chi connectivity index (χ3n) is 5.10. The van der Waals surface area contributed by atoms with E-state index in [0.717, 1.165) is 25.8 Å². The minimum atomic E-state index is -0.364. The van der Waals surface area contributed by atoms with Gasteiger partial charge in [0, 0.05) is 23.9 Å². The molecule has 114 valence electrons. The van der Waals surface area contributed by atoms with Crippen molar-refractivity contribution in [3.63, 3.8) is 0 Å². The first-order valence-electron chi connectivity index (χ1n) is 7.81. The monoisotopic (exact) mass is 290 g/mol. The van der Waals surface area contributed by atoms with E-state index in [9.17, 15) is 10.1 Å². The molecule has 2 atom stereocenters. The maximum atomic E-state index is 11.1. The van der Waals surface area contributed by atoms with Gasteiger partial charge >= 0.3 is 5.69 Å². The summed E-state index contributed by atoms with van der Waals surface area (Å²) in [7, 11) is 0. The predicted molar refractivity (Wildman–Crippen MR) is 80.5 cm³/mol. The van der Waals surface area contributed by atoms with Crippen LogP contribution < -0.4 is 10.1 Å². The summed E-state index contributed by atoms with van der Waals surface area (Å²) in [6, 6.07) is 7.19. The van der Waals surface area contributed by atoms with Gasteiger partial charge in [-0.3, -0.25) is 10.1 Å². The van der Waals surface area contributed by atoms with Gasteiger partial charge in [-0.25, -0.2) is 0 Å². The number of hydrogen-bond donors (Lipinski definition) is 1. The molecular weight excluding hydrogens is 268 g/mol. The molecule has 0 aromatic heterocycles. The normalized spacial score (nSPS) is 26.5. The van der Waals surface area contributed by atoms with E-state index in [1.807, 2.05) is 0 Å². The van der Waals surface area contributed by atoms with Crippen LogP contribution in [0, 0.1) is 15.5 Å². The summed E-state index contributed by atoms with van der Waals surface area (Å²) < 4.78 is 6.08. The molecule has 0 radical (unpaired) electrons. The fraction of sp³-hybridized carbons (Fsp3) is 0.625. The van der Waals surface area contributed by atoms with Crippen molar-refractivity contribution < 1.29 is 9.66 Å². The van der Waals surface area contributed by atoms with Gasteiger partial charge in [-0.1, -0.05) is 31.9 Å². The zero-order chi connectivity index (χ0) is 14.9. The Labute approximate surface area is 124 Å². The topological polar surface area (TPSA) is 64.4 Å². The van der Waals surface area contributed by atoms with Gasteiger partial charge in [0.25, 0.3) is 0 Å². The standard InChI is InChI=1S/C16H22N2O3/c1-2-17-14-11-15(16(14)9-5-6-10-16)21-13-8-4-3-7-12(13)18(19)20/h3-4,7-8,14-15,17H,2,5-6,9-11H2,1H3. The van der Waals surface area contributed by atoms with E-state index in [1.54, 1.807) is 18.2 Å². The molecule has 3 rings (SSSR count). The average molecular weight is 290 g/mol. The summed E-state index contributed by atoms with van der Waals surface area (Å²) in [5.41, 5.74) is 0.247. The fourth-order valence-electron chi connectivity index (χ4n) is 4.01. The van der Waals surface area contributed by atoms with Crippen molar-refractivity contribution in [2.24, 2.45) is 5.41 Å². The maximum Gasteiger partial charge on any atom is 0.310 e. The fourth-order valence-corrected chi connectivity index (χ4v) is 4.01. The molecule has 5 nitrogen and oxygen atoms in total. The highest BCUT2D eigenvalue weighted by Gasteiger charge is 2.57. The number of hydrogen-bond acceptors (Lipinski definition) is 4. The zero-order valence-electron chi connectivity index (χ0n) is 12.4. The number of rotatable bonds is 5. The van der Waals surface area contributed by atoms with Gasteiger partial charge in [-0.2, -0.15) is 0 Å². The van der Waals surface area contributed by atoms with Gasteiger partial charge in [0.1, 0.15) is 6.10 Å². The lowest BCUT2D eigenvalue weighted by Crippen LogP contribution is -2.63. The van der Waals surface area contributed by atoms with Crippen molar-refractivity contribution in [1.29, 1.82) is 0 Å². The van der Waals surface area contributed by atoms with Crippen LogP contribution in [0.5, 0.6) is 5.75 Å². The molecule has 2 saturated carbocycles. The summed E-state index contributed by atoms with van der Waals surface area (Å²) in [5.74, 6) is 0.411. The number of ether oxygens (including phenoxy) is 1. The van der Waals surface area contributed by atoms with Crippen molar-refractivity contribution >= 4 is 5.69 Å². The van der Waals surface area contributed by atoms with Crippen molar-refractivity contribution in [1.82, 2.24) is 5.32 Å². The Morgan fingerprint density at radius 3 is 2.76 bits per heavy atom. The summed E-state index contributed by atoms with van der Waals surface area (Å²) in [5, 5.41) is 14.7. The predicted octanol–water partition coefficient (Wildman–Crippen LogP) is 3.28. The van der Waals surface area contributed by atoms with Gasteiger partial charge in [-0.05, 0) is 25.5 Å². The van der Waals surface area contributed by atoms with Gasteiger partial charge in [-0.15, -0.1) is 0 Å². The molecule has 1 N–H and O–H groups in total. The van der Waals surface area contributed by atoms with E-state index in [0.29, 0.717) is 11.8 Å². The first kappa shape index (κ1) is 14.3. The highest BCUT2D eigenvalue weighted by molar-refractivity contribution is 5.46. The van der Waals surface area contributed by atoms with Crippen LogP contribution in [0.3, 0.4) is 0 Å². The second kappa shape index (κ2) is 5.64. The molecular formula is C16H22N2O3. The molecule has 5 heteroatoms. The number of benzene rings is 1. The Hall–Kier alpha value is -1.62. The van der Waals surface area contributed by atoms with E-state index in [4.69, 9.17) is 4.74 Å². The Morgan fingerprint density at radius 1 is 1.38 bits per heavy atom. The van der Waals surface area contributed by atoms with E-state index in [-0.39, 0.29) is 22.1 Å². The first-order valence-corrected chi connectivity index (χ1v) is 7.81. The van der Waals surface area contributed by atoms with Crippen LogP contribution in [0.25, 0.3) is 0 Å². The summed E-state index contributed by atoms with van der Waals surface area (Å²) in [6.07, 6.45) is 5.84. The molecule has 0 aliphatic heterocycles. The van der Waals surface area contributed by atoms with Gasteiger partial charge in [0.2, 0.25) is 0 Å². The number of para-hydroxylation sites is 2. The summed E-state index contributed by atoms with van der Waals surface area (Å²) in [6.45, 7) is 3.09. The Balaban J connectivity index is 1.78. The lowest BCUT2D eigenvalue weighted by molar-refractivity contribution is -0.386. The van der Waals surface area contributed by atoms with Crippen LogP contribution in [-0.4, -0.2) is 23.6 Å². The van der Waals surface area contributed by atoms with Crippen LogP contribution in [0.15, 0.2) is 24.3 Å². The van der Waals surface area contributed by atoms with Crippen molar-refractivity contribution in [2.75, 3.05) is 6.54 Å². The minimum absolute atomic E-state index is 0.0672. The molecule has 21 heavy (non-hydrogen) atoms. The number of nitro benzene ring substituents is 1. The lowest BCUT2D eigenvalue weighted by atomic mass is 9.60. The quantitative estimate of drug-likeness (QED) is 0.667. The second-order valence-corrected chi connectivity index (χ2v) is 6.12. The third-order valence-corrected chi connectivity index (χ3v) is 5.10. The highest BCUT2D eigenvalue weighted by atomic mass is 16.6. The van der Waals surface area contributed by atoms with E-state index in [1.165, 1.54) is 18.9 Å². The SMILES string of the molecule is CCNC1CC(Oc2ccccc2[N+](=O)[O-])C12CCCC2. The molecule has 1 aromatic carbocycles. The van der Waals surface area contributed by atoms with Crippen molar-refractivity contribution in [3.05, 3.63) is 34.4 Å². The van der Waals surface area contributed by atoms with Crippen LogP contribution in [0.4, 0.5) is 5.69 Å². The molecule has 0 heterocycles. The van der Waals surface area contributed by atoms with Gasteiger partial charge < -0.3 is 10.1 Å². The zero-order valence-corrected chi connectivity index (χ0v) is 12.4. The third kappa shape index (κ3) is 2.39. The van der Waals surface area contributed by atoms with Crippen LogP contribution in [-0.2, 0) is 0 Å². The average Bonchev–Trinajstić information content (AvgIpc) is 2.99. The van der Waals surface area contributed by atoms with Crippen LogP contribution >= 0.6 is 0 Å². The molecule has 0 bridgehead atoms. The molecule has 0 saturated heterocycles. The summed E-state index contributed by atoms with van der Waals surface area (Å²) >= 11 is 0. The maximum absolute atomic E-state index is 11.1. The lowest BCUT2D eigenvalue weighted by Gasteiger charge is -2.54. The molecule has 0 amide bonds. The van der Waals surface area contributed by atoms with E-state index < -0.39 is 0 Å². The van der Waals surface area contributed by atoms with Gasteiger partial charge in [0.15, 0.2) is 5.75 Å². The molecule has 2 aliphatic carbocycles. The van der Waals surface area contributed by atoms with E-state index >= 15 is 0 Å². The van der Waals surface area contributed by atoms with Crippen molar-refractivity contribution in [3.8, 4) is 5.75 Å². The van der Waals surface area contributed by atoms with Crippen molar-refractivity contribution in [2.45, 2.75) is 51.2 Å². The number of nitrogens with one attached hydrogen (secondary N) is 1. The molecule has 2 fully saturated rings. The molecule has 2 unspecified atom stereocenters.